The zero-order chi connectivity index (χ0) is 16.0. The quantitative estimate of drug-likeness (QED) is 0.419. The SMILES string of the molecule is CCNC(=NCC1(CC)CCCC1)N1CCN(C(C)=O)CC1.I. The minimum absolute atomic E-state index is 0. The molecule has 0 radical (unpaired) electrons. The van der Waals surface area contributed by atoms with Gasteiger partial charge in [-0.15, -0.1) is 24.0 Å². The highest BCUT2D eigenvalue weighted by Crippen LogP contribution is 2.41. The lowest BCUT2D eigenvalue weighted by atomic mass is 9.83. The van der Waals surface area contributed by atoms with Gasteiger partial charge in [0.15, 0.2) is 5.96 Å². The van der Waals surface area contributed by atoms with Gasteiger partial charge in [0.2, 0.25) is 5.91 Å². The number of nitrogens with zero attached hydrogens (tertiary/aromatic N) is 3. The van der Waals surface area contributed by atoms with Crippen LogP contribution in [0.5, 0.6) is 0 Å². The zero-order valence-corrected chi connectivity index (χ0v) is 17.3. The maximum Gasteiger partial charge on any atom is 0.219 e. The number of rotatable bonds is 4. The van der Waals surface area contributed by atoms with Crippen molar-refractivity contribution in [2.24, 2.45) is 10.4 Å². The molecule has 0 aromatic rings. The Balaban J connectivity index is 0.00000264. The minimum atomic E-state index is 0. The summed E-state index contributed by atoms with van der Waals surface area (Å²) in [6.07, 6.45) is 6.59. The predicted octanol–water partition coefficient (Wildman–Crippen LogP) is 2.70. The number of amides is 1. The van der Waals surface area contributed by atoms with E-state index in [2.05, 4.69) is 24.1 Å². The third kappa shape index (κ3) is 5.50. The maximum absolute atomic E-state index is 11.4. The van der Waals surface area contributed by atoms with Crippen LogP contribution in [0, 0.1) is 5.41 Å². The average molecular weight is 436 g/mol. The molecule has 1 saturated carbocycles. The highest BCUT2D eigenvalue weighted by Gasteiger charge is 2.32. The van der Waals surface area contributed by atoms with Gasteiger partial charge in [0, 0.05) is 46.2 Å². The van der Waals surface area contributed by atoms with Crippen LogP contribution in [0.4, 0.5) is 0 Å². The average Bonchev–Trinajstić information content (AvgIpc) is 3.01. The largest absolute Gasteiger partial charge is 0.357 e. The Kier molecular flexibility index (Phi) is 8.64. The van der Waals surface area contributed by atoms with E-state index in [1.807, 2.05) is 4.90 Å². The van der Waals surface area contributed by atoms with Crippen molar-refractivity contribution in [1.29, 1.82) is 0 Å². The van der Waals surface area contributed by atoms with Gasteiger partial charge in [0.05, 0.1) is 0 Å². The molecule has 2 aliphatic rings. The van der Waals surface area contributed by atoms with Crippen LogP contribution in [0.25, 0.3) is 0 Å². The molecule has 0 unspecified atom stereocenters. The molecule has 1 aliphatic heterocycles. The molecule has 6 heteroatoms. The first-order chi connectivity index (χ1) is 10.6. The number of piperazine rings is 1. The van der Waals surface area contributed by atoms with Gasteiger partial charge >= 0.3 is 0 Å². The van der Waals surface area contributed by atoms with Gasteiger partial charge in [-0.3, -0.25) is 9.79 Å². The van der Waals surface area contributed by atoms with Crippen LogP contribution in [-0.4, -0.2) is 60.9 Å². The topological polar surface area (TPSA) is 47.9 Å². The number of carbonyl (C=O) groups is 1. The first kappa shape index (κ1) is 20.5. The monoisotopic (exact) mass is 436 g/mol. The summed E-state index contributed by atoms with van der Waals surface area (Å²) < 4.78 is 0. The number of carbonyl (C=O) groups excluding carboxylic acids is 1. The smallest absolute Gasteiger partial charge is 0.219 e. The Morgan fingerprint density at radius 1 is 1.09 bits per heavy atom. The molecule has 1 amide bonds. The minimum Gasteiger partial charge on any atom is -0.357 e. The van der Waals surface area contributed by atoms with E-state index in [-0.39, 0.29) is 29.9 Å². The first-order valence-corrected chi connectivity index (χ1v) is 8.89. The van der Waals surface area contributed by atoms with Crippen LogP contribution < -0.4 is 5.32 Å². The van der Waals surface area contributed by atoms with E-state index in [4.69, 9.17) is 4.99 Å². The molecule has 0 atom stereocenters. The van der Waals surface area contributed by atoms with Crippen LogP contribution in [0.1, 0.15) is 52.9 Å². The molecule has 0 aromatic heterocycles. The van der Waals surface area contributed by atoms with Crippen molar-refractivity contribution < 1.29 is 4.79 Å². The van der Waals surface area contributed by atoms with Crippen LogP contribution in [0.2, 0.25) is 0 Å². The van der Waals surface area contributed by atoms with E-state index in [1.54, 1.807) is 6.92 Å². The highest BCUT2D eigenvalue weighted by atomic mass is 127. The molecule has 0 spiro atoms. The maximum atomic E-state index is 11.4. The summed E-state index contributed by atoms with van der Waals surface area (Å²) in [5.74, 6) is 1.21. The second-order valence-corrected chi connectivity index (χ2v) is 6.72. The van der Waals surface area contributed by atoms with Crippen molar-refractivity contribution in [3.63, 3.8) is 0 Å². The van der Waals surface area contributed by atoms with Crippen LogP contribution in [0.15, 0.2) is 4.99 Å². The van der Waals surface area contributed by atoms with Crippen molar-refractivity contribution in [2.45, 2.75) is 52.9 Å². The molecular weight excluding hydrogens is 403 g/mol. The molecule has 1 heterocycles. The number of guanidine groups is 1. The van der Waals surface area contributed by atoms with Gasteiger partial charge < -0.3 is 15.1 Å². The van der Waals surface area contributed by atoms with E-state index >= 15 is 0 Å². The molecule has 134 valence electrons. The van der Waals surface area contributed by atoms with Gasteiger partial charge in [0.1, 0.15) is 0 Å². The summed E-state index contributed by atoms with van der Waals surface area (Å²) in [6.45, 7) is 11.3. The van der Waals surface area contributed by atoms with Crippen molar-refractivity contribution in [3.8, 4) is 0 Å². The van der Waals surface area contributed by atoms with E-state index < -0.39 is 0 Å². The molecule has 1 aliphatic carbocycles. The molecule has 5 nitrogen and oxygen atoms in total. The number of halogens is 1. The molecule has 0 bridgehead atoms. The van der Waals surface area contributed by atoms with Gasteiger partial charge in [-0.25, -0.2) is 0 Å². The van der Waals surface area contributed by atoms with E-state index in [1.165, 1.54) is 32.1 Å². The summed E-state index contributed by atoms with van der Waals surface area (Å²) in [7, 11) is 0. The van der Waals surface area contributed by atoms with E-state index in [0.29, 0.717) is 5.41 Å². The number of nitrogens with one attached hydrogen (secondary N) is 1. The third-order valence-corrected chi connectivity index (χ3v) is 5.34. The molecular formula is C17H33IN4O. The molecule has 1 N–H and O–H groups in total. The fourth-order valence-electron chi connectivity index (χ4n) is 3.65. The summed E-state index contributed by atoms with van der Waals surface area (Å²) in [5, 5.41) is 3.43. The molecule has 23 heavy (non-hydrogen) atoms. The molecule has 2 rings (SSSR count). The predicted molar refractivity (Wildman–Crippen MR) is 106 cm³/mol. The standard InChI is InChI=1S/C17H32N4O.HI/c1-4-17(8-6-7-9-17)14-19-16(18-5-2)21-12-10-20(11-13-21)15(3)22;/h4-14H2,1-3H3,(H,18,19);1H. The highest BCUT2D eigenvalue weighted by molar-refractivity contribution is 14.0. The van der Waals surface area contributed by atoms with Crippen LogP contribution in [-0.2, 0) is 4.79 Å². The van der Waals surface area contributed by atoms with Crippen molar-refractivity contribution >= 4 is 35.8 Å². The Hall–Kier alpha value is -0.530. The second-order valence-electron chi connectivity index (χ2n) is 6.72. The van der Waals surface area contributed by atoms with Gasteiger partial charge in [-0.2, -0.15) is 0 Å². The lowest BCUT2D eigenvalue weighted by molar-refractivity contribution is -0.130. The first-order valence-electron chi connectivity index (χ1n) is 8.89. The van der Waals surface area contributed by atoms with Crippen molar-refractivity contribution in [1.82, 2.24) is 15.1 Å². The van der Waals surface area contributed by atoms with Gasteiger partial charge in [0.25, 0.3) is 0 Å². The van der Waals surface area contributed by atoms with Crippen LogP contribution >= 0.6 is 24.0 Å². The lowest BCUT2D eigenvalue weighted by Crippen LogP contribution is -2.53. The van der Waals surface area contributed by atoms with E-state index in [0.717, 1.165) is 45.2 Å². The van der Waals surface area contributed by atoms with Gasteiger partial charge in [-0.05, 0) is 31.6 Å². The Morgan fingerprint density at radius 2 is 1.65 bits per heavy atom. The van der Waals surface area contributed by atoms with E-state index in [9.17, 15) is 4.79 Å². The fourth-order valence-corrected chi connectivity index (χ4v) is 3.65. The Labute approximate surface area is 158 Å². The summed E-state index contributed by atoms with van der Waals surface area (Å²) in [6, 6.07) is 0. The Bertz CT molecular complexity index is 399. The number of hydrogen-bond acceptors (Lipinski definition) is 2. The normalized spacial score (nSPS) is 21.1. The Morgan fingerprint density at radius 3 is 2.13 bits per heavy atom. The molecule has 0 aromatic carbocycles. The summed E-state index contributed by atoms with van der Waals surface area (Å²) in [5.41, 5.74) is 0.432. The third-order valence-electron chi connectivity index (χ3n) is 5.34. The zero-order valence-electron chi connectivity index (χ0n) is 14.9. The van der Waals surface area contributed by atoms with Gasteiger partial charge in [-0.1, -0.05) is 19.8 Å². The number of hydrogen-bond donors (Lipinski definition) is 1. The van der Waals surface area contributed by atoms with Crippen molar-refractivity contribution in [2.75, 3.05) is 39.3 Å². The molecule has 2 fully saturated rings. The lowest BCUT2D eigenvalue weighted by Gasteiger charge is -2.36. The second kappa shape index (κ2) is 9.69. The summed E-state index contributed by atoms with van der Waals surface area (Å²) in [4.78, 5) is 20.6. The van der Waals surface area contributed by atoms with Crippen molar-refractivity contribution in [3.05, 3.63) is 0 Å². The molecule has 1 saturated heterocycles. The fraction of sp³-hybridized carbons (Fsp3) is 0.882. The van der Waals surface area contributed by atoms with Crippen LogP contribution in [0.3, 0.4) is 0 Å². The summed E-state index contributed by atoms with van der Waals surface area (Å²) >= 11 is 0. The number of aliphatic imine (C=N–C) groups is 1.